The first-order valence-electron chi connectivity index (χ1n) is 8.36. The van der Waals surface area contributed by atoms with Crippen LogP contribution in [-0.2, 0) is 4.79 Å². The number of aryl methyl sites for hydroxylation is 1. The molecular weight excluding hydrogens is 346 g/mol. The van der Waals surface area contributed by atoms with Crippen LogP contribution < -0.4 is 5.32 Å². The van der Waals surface area contributed by atoms with Gasteiger partial charge >= 0.3 is 0 Å². The fraction of sp³-hybridized carbons (Fsp3) is 0.190. The Labute approximate surface area is 156 Å². The fourth-order valence-electron chi connectivity index (χ4n) is 3.26. The number of carbonyl (C=O) groups is 1. The maximum absolute atomic E-state index is 12.5. The summed E-state index contributed by atoms with van der Waals surface area (Å²) in [7, 11) is 0. The van der Waals surface area contributed by atoms with Gasteiger partial charge in [-0.15, -0.1) is 23.1 Å². The predicted molar refractivity (Wildman–Crippen MR) is 107 cm³/mol. The molecule has 2 heterocycles. The van der Waals surface area contributed by atoms with Crippen molar-refractivity contribution in [3.05, 3.63) is 82.0 Å². The van der Waals surface area contributed by atoms with E-state index in [1.54, 1.807) is 23.1 Å². The van der Waals surface area contributed by atoms with Crippen LogP contribution in [0.2, 0.25) is 0 Å². The van der Waals surface area contributed by atoms with E-state index in [9.17, 15) is 4.79 Å². The van der Waals surface area contributed by atoms with Crippen molar-refractivity contribution < 1.29 is 4.79 Å². The number of hydrogen-bond acceptors (Lipinski definition) is 3. The highest BCUT2D eigenvalue weighted by Gasteiger charge is 2.33. The van der Waals surface area contributed by atoms with Gasteiger partial charge in [0.25, 0.3) is 0 Å². The van der Waals surface area contributed by atoms with Crippen molar-refractivity contribution in [2.24, 2.45) is 0 Å². The molecule has 2 unspecified atom stereocenters. The third-order valence-electron chi connectivity index (χ3n) is 4.48. The number of anilines is 1. The molecule has 2 nitrogen and oxygen atoms in total. The van der Waals surface area contributed by atoms with Crippen molar-refractivity contribution in [1.29, 1.82) is 0 Å². The summed E-state index contributed by atoms with van der Waals surface area (Å²) in [5, 5.41) is 5.33. The Kier molecular flexibility index (Phi) is 4.64. The van der Waals surface area contributed by atoms with Gasteiger partial charge < -0.3 is 5.32 Å². The molecule has 126 valence electrons. The number of nitrogens with one attached hydrogen (secondary N) is 1. The van der Waals surface area contributed by atoms with E-state index in [4.69, 9.17) is 0 Å². The molecule has 0 saturated heterocycles. The Morgan fingerprint density at radius 2 is 1.80 bits per heavy atom. The van der Waals surface area contributed by atoms with Gasteiger partial charge in [0, 0.05) is 27.4 Å². The van der Waals surface area contributed by atoms with Crippen LogP contribution in [0.5, 0.6) is 0 Å². The second-order valence-electron chi connectivity index (χ2n) is 6.31. The second kappa shape index (κ2) is 7.06. The molecule has 0 spiro atoms. The molecule has 4 heteroatoms. The summed E-state index contributed by atoms with van der Waals surface area (Å²) in [6, 6.07) is 21.1. The Balaban J connectivity index is 1.76. The van der Waals surface area contributed by atoms with Crippen LogP contribution in [0.4, 0.5) is 5.69 Å². The molecule has 0 radical (unpaired) electrons. The highest BCUT2D eigenvalue weighted by atomic mass is 32.2. The molecule has 1 aliphatic heterocycles. The number of hydrogen-bond donors (Lipinski definition) is 1. The van der Waals surface area contributed by atoms with Crippen molar-refractivity contribution in [3.63, 3.8) is 0 Å². The van der Waals surface area contributed by atoms with Gasteiger partial charge in [0.05, 0.1) is 5.69 Å². The highest BCUT2D eigenvalue weighted by molar-refractivity contribution is 8.00. The van der Waals surface area contributed by atoms with Gasteiger partial charge in [0.1, 0.15) is 0 Å². The molecular formula is C21H19NOS2. The summed E-state index contributed by atoms with van der Waals surface area (Å²) in [4.78, 5) is 14.9. The number of thiophene rings is 1. The van der Waals surface area contributed by atoms with Crippen molar-refractivity contribution in [2.45, 2.75) is 29.4 Å². The summed E-state index contributed by atoms with van der Waals surface area (Å²) in [6.07, 6.45) is 0.513. The van der Waals surface area contributed by atoms with Crippen LogP contribution >= 0.6 is 23.1 Å². The Morgan fingerprint density at radius 1 is 1.04 bits per heavy atom. The Morgan fingerprint density at radius 3 is 2.56 bits per heavy atom. The minimum absolute atomic E-state index is 0.0997. The number of thioether (sulfide) groups is 1. The zero-order valence-corrected chi connectivity index (χ0v) is 15.6. The van der Waals surface area contributed by atoms with Gasteiger partial charge in [-0.25, -0.2) is 0 Å². The molecule has 0 saturated carbocycles. The SMILES string of the molecule is Cc1ccc(SC2CC(=O)Nc3ccsc3C2c2ccccc2)cc1. The van der Waals surface area contributed by atoms with E-state index >= 15 is 0 Å². The first-order valence-corrected chi connectivity index (χ1v) is 10.1. The topological polar surface area (TPSA) is 29.1 Å². The largest absolute Gasteiger partial charge is 0.325 e. The highest BCUT2D eigenvalue weighted by Crippen LogP contribution is 2.46. The molecule has 2 atom stereocenters. The summed E-state index contributed by atoms with van der Waals surface area (Å²) >= 11 is 3.54. The quantitative estimate of drug-likeness (QED) is 0.646. The second-order valence-corrected chi connectivity index (χ2v) is 8.57. The van der Waals surface area contributed by atoms with Gasteiger partial charge in [-0.2, -0.15) is 0 Å². The summed E-state index contributed by atoms with van der Waals surface area (Å²) < 4.78 is 0. The minimum atomic E-state index is 0.0997. The maximum Gasteiger partial charge on any atom is 0.225 e. The molecule has 3 aromatic rings. The lowest BCUT2D eigenvalue weighted by Crippen LogP contribution is -2.19. The Hall–Kier alpha value is -2.04. The standard InChI is InChI=1S/C21H19NOS2/c1-14-7-9-16(10-8-14)25-18-13-19(23)22-17-11-12-24-21(17)20(18)15-5-3-2-4-6-15/h2-12,18,20H,13H2,1H3,(H,22,23). The lowest BCUT2D eigenvalue weighted by Gasteiger charge is -2.24. The first-order chi connectivity index (χ1) is 12.2. The van der Waals surface area contributed by atoms with Crippen molar-refractivity contribution >= 4 is 34.7 Å². The molecule has 1 aliphatic rings. The fourth-order valence-corrected chi connectivity index (χ4v) is 5.70. The zero-order chi connectivity index (χ0) is 17.2. The lowest BCUT2D eigenvalue weighted by molar-refractivity contribution is -0.116. The van der Waals surface area contributed by atoms with Crippen LogP contribution in [0.1, 0.15) is 28.3 Å². The van der Waals surface area contributed by atoms with Crippen LogP contribution in [0, 0.1) is 6.92 Å². The summed E-state index contributed by atoms with van der Waals surface area (Å²) in [6.45, 7) is 2.10. The number of carbonyl (C=O) groups excluding carboxylic acids is 1. The van der Waals surface area contributed by atoms with E-state index in [1.165, 1.54) is 20.9 Å². The van der Waals surface area contributed by atoms with Crippen molar-refractivity contribution in [1.82, 2.24) is 0 Å². The molecule has 1 amide bonds. The summed E-state index contributed by atoms with van der Waals surface area (Å²) in [5.41, 5.74) is 3.49. The normalized spacial score (nSPS) is 19.8. The van der Waals surface area contributed by atoms with E-state index in [2.05, 4.69) is 66.2 Å². The van der Waals surface area contributed by atoms with E-state index < -0.39 is 0 Å². The van der Waals surface area contributed by atoms with Crippen LogP contribution in [0.25, 0.3) is 0 Å². The van der Waals surface area contributed by atoms with Gasteiger partial charge in [0.2, 0.25) is 5.91 Å². The molecule has 0 fully saturated rings. The molecule has 1 N–H and O–H groups in total. The third-order valence-corrected chi connectivity index (χ3v) is 6.76. The Bertz CT molecular complexity index is 870. The molecule has 25 heavy (non-hydrogen) atoms. The number of benzene rings is 2. The van der Waals surface area contributed by atoms with Gasteiger partial charge in [-0.1, -0.05) is 48.0 Å². The third kappa shape index (κ3) is 3.51. The van der Waals surface area contributed by atoms with Crippen molar-refractivity contribution in [3.8, 4) is 0 Å². The lowest BCUT2D eigenvalue weighted by atomic mass is 9.92. The van der Waals surface area contributed by atoms with Crippen LogP contribution in [0.3, 0.4) is 0 Å². The monoisotopic (exact) mass is 365 g/mol. The molecule has 4 rings (SSSR count). The molecule has 0 aliphatic carbocycles. The molecule has 1 aromatic heterocycles. The predicted octanol–water partition coefficient (Wildman–Crippen LogP) is 5.69. The average Bonchev–Trinajstić information content (AvgIpc) is 3.00. The maximum atomic E-state index is 12.5. The number of amides is 1. The van der Waals surface area contributed by atoms with Gasteiger partial charge in [-0.05, 0) is 36.1 Å². The average molecular weight is 366 g/mol. The first kappa shape index (κ1) is 16.4. The molecule has 2 aromatic carbocycles. The van der Waals surface area contributed by atoms with E-state index in [-0.39, 0.29) is 17.1 Å². The van der Waals surface area contributed by atoms with Crippen LogP contribution in [-0.4, -0.2) is 11.2 Å². The zero-order valence-electron chi connectivity index (χ0n) is 13.9. The van der Waals surface area contributed by atoms with Gasteiger partial charge in [-0.3, -0.25) is 4.79 Å². The van der Waals surface area contributed by atoms with Gasteiger partial charge in [0.15, 0.2) is 0 Å². The van der Waals surface area contributed by atoms with Crippen molar-refractivity contribution in [2.75, 3.05) is 5.32 Å². The smallest absolute Gasteiger partial charge is 0.225 e. The van der Waals surface area contributed by atoms with E-state index in [1.807, 2.05) is 12.1 Å². The van der Waals surface area contributed by atoms with Crippen LogP contribution in [0.15, 0.2) is 70.9 Å². The molecule has 0 bridgehead atoms. The number of rotatable bonds is 3. The number of fused-ring (bicyclic) bond motifs is 1. The van der Waals surface area contributed by atoms with E-state index in [0.29, 0.717) is 6.42 Å². The van der Waals surface area contributed by atoms with E-state index in [0.717, 1.165) is 5.69 Å². The summed E-state index contributed by atoms with van der Waals surface area (Å²) in [5.74, 6) is 0.309. The minimum Gasteiger partial charge on any atom is -0.325 e.